The second kappa shape index (κ2) is 4.69. The number of fused-ring (bicyclic) bond motifs is 1. The first-order valence-electron chi connectivity index (χ1n) is 6.33. The maximum absolute atomic E-state index is 11.2. The van der Waals surface area contributed by atoms with E-state index < -0.39 is 0 Å². The van der Waals surface area contributed by atoms with Crippen LogP contribution in [0.4, 0.5) is 0 Å². The minimum Gasteiger partial charge on any atom is -0.298 e. The highest BCUT2D eigenvalue weighted by Gasteiger charge is 2.05. The second-order valence-electron chi connectivity index (χ2n) is 4.77. The van der Waals surface area contributed by atoms with Crippen molar-refractivity contribution in [3.8, 4) is 11.1 Å². The van der Waals surface area contributed by atoms with E-state index in [0.717, 1.165) is 28.5 Å². The highest BCUT2D eigenvalue weighted by Crippen LogP contribution is 2.27. The van der Waals surface area contributed by atoms with E-state index in [1.165, 1.54) is 10.8 Å². The van der Waals surface area contributed by atoms with Crippen LogP contribution < -0.4 is 0 Å². The Balaban J connectivity index is 2.24. The molecule has 0 amide bonds. The van der Waals surface area contributed by atoms with Gasteiger partial charge in [0.15, 0.2) is 6.29 Å². The zero-order valence-electron chi connectivity index (χ0n) is 10.8. The Morgan fingerprint density at radius 3 is 2.42 bits per heavy atom. The molecule has 0 aliphatic heterocycles. The molecule has 0 radical (unpaired) electrons. The Morgan fingerprint density at radius 1 is 0.842 bits per heavy atom. The summed E-state index contributed by atoms with van der Waals surface area (Å²) in [5, 5.41) is 2.41. The van der Waals surface area contributed by atoms with E-state index in [9.17, 15) is 4.79 Å². The van der Waals surface area contributed by atoms with Crippen molar-refractivity contribution in [2.75, 3.05) is 0 Å². The molecule has 3 aromatic carbocycles. The fourth-order valence-corrected chi connectivity index (χ4v) is 2.38. The predicted octanol–water partition coefficient (Wildman–Crippen LogP) is 4.63. The van der Waals surface area contributed by atoms with Gasteiger partial charge >= 0.3 is 0 Å². The highest BCUT2D eigenvalue weighted by atomic mass is 16.1. The lowest BCUT2D eigenvalue weighted by molar-refractivity contribution is 0.112. The third-order valence-corrected chi connectivity index (χ3v) is 3.40. The molecule has 0 spiro atoms. The smallest absolute Gasteiger partial charge is 0.150 e. The molecule has 0 atom stereocenters. The number of benzene rings is 3. The molecule has 0 saturated heterocycles. The first-order valence-corrected chi connectivity index (χ1v) is 6.33. The van der Waals surface area contributed by atoms with Crippen LogP contribution in [0.5, 0.6) is 0 Å². The van der Waals surface area contributed by atoms with Gasteiger partial charge in [0.05, 0.1) is 0 Å². The number of aldehydes is 1. The fourth-order valence-electron chi connectivity index (χ4n) is 2.38. The van der Waals surface area contributed by atoms with E-state index in [1.54, 1.807) is 0 Å². The van der Waals surface area contributed by atoms with Gasteiger partial charge in [-0.25, -0.2) is 0 Å². The van der Waals surface area contributed by atoms with Gasteiger partial charge in [-0.1, -0.05) is 60.2 Å². The van der Waals surface area contributed by atoms with E-state index in [4.69, 9.17) is 0 Å². The molecule has 0 aliphatic carbocycles. The van der Waals surface area contributed by atoms with Crippen molar-refractivity contribution in [3.63, 3.8) is 0 Å². The van der Waals surface area contributed by atoms with Crippen molar-refractivity contribution < 1.29 is 4.79 Å². The van der Waals surface area contributed by atoms with Gasteiger partial charge in [-0.3, -0.25) is 4.79 Å². The number of aryl methyl sites for hydroxylation is 1. The van der Waals surface area contributed by atoms with Crippen molar-refractivity contribution in [1.82, 2.24) is 0 Å². The van der Waals surface area contributed by atoms with E-state index in [1.807, 2.05) is 31.2 Å². The summed E-state index contributed by atoms with van der Waals surface area (Å²) in [4.78, 5) is 11.2. The first kappa shape index (κ1) is 11.7. The monoisotopic (exact) mass is 246 g/mol. The highest BCUT2D eigenvalue weighted by molar-refractivity contribution is 5.92. The van der Waals surface area contributed by atoms with Crippen LogP contribution in [0.3, 0.4) is 0 Å². The summed E-state index contributed by atoms with van der Waals surface area (Å²) in [7, 11) is 0. The Kier molecular flexibility index (Phi) is 2.88. The van der Waals surface area contributed by atoms with Crippen LogP contribution in [0.15, 0.2) is 60.7 Å². The van der Waals surface area contributed by atoms with Gasteiger partial charge in [0, 0.05) is 5.56 Å². The molecule has 0 heterocycles. The van der Waals surface area contributed by atoms with Gasteiger partial charge in [0.2, 0.25) is 0 Å². The topological polar surface area (TPSA) is 17.1 Å². The normalized spacial score (nSPS) is 10.6. The summed E-state index contributed by atoms with van der Waals surface area (Å²) in [5.74, 6) is 0. The van der Waals surface area contributed by atoms with Gasteiger partial charge in [-0.2, -0.15) is 0 Å². The first-order chi connectivity index (χ1) is 9.28. The van der Waals surface area contributed by atoms with E-state index in [2.05, 4.69) is 36.4 Å². The van der Waals surface area contributed by atoms with Crippen LogP contribution in [-0.2, 0) is 0 Å². The minimum absolute atomic E-state index is 0.737. The maximum Gasteiger partial charge on any atom is 0.150 e. The van der Waals surface area contributed by atoms with Crippen molar-refractivity contribution in [2.24, 2.45) is 0 Å². The third kappa shape index (κ3) is 2.15. The third-order valence-electron chi connectivity index (χ3n) is 3.40. The lowest BCUT2D eigenvalue weighted by atomic mass is 9.96. The molecule has 19 heavy (non-hydrogen) atoms. The molecule has 0 unspecified atom stereocenters. The summed E-state index contributed by atoms with van der Waals surface area (Å²) in [6, 6.07) is 20.5. The molecule has 3 rings (SSSR count). The average molecular weight is 246 g/mol. The van der Waals surface area contributed by atoms with Gasteiger partial charge in [-0.15, -0.1) is 0 Å². The molecule has 1 heteroatoms. The Hall–Kier alpha value is -2.41. The second-order valence-corrected chi connectivity index (χ2v) is 4.77. The van der Waals surface area contributed by atoms with E-state index >= 15 is 0 Å². The zero-order valence-corrected chi connectivity index (χ0v) is 10.8. The molecular formula is C18H14O. The van der Waals surface area contributed by atoms with Crippen molar-refractivity contribution in [1.29, 1.82) is 0 Å². The fraction of sp³-hybridized carbons (Fsp3) is 0.0556. The Labute approximate surface area is 112 Å². The summed E-state index contributed by atoms with van der Waals surface area (Å²) < 4.78 is 0. The van der Waals surface area contributed by atoms with Crippen LogP contribution in [0.25, 0.3) is 21.9 Å². The Morgan fingerprint density at radius 2 is 1.63 bits per heavy atom. The van der Waals surface area contributed by atoms with Crippen molar-refractivity contribution in [2.45, 2.75) is 6.92 Å². The average Bonchev–Trinajstić information content (AvgIpc) is 2.46. The van der Waals surface area contributed by atoms with Crippen molar-refractivity contribution in [3.05, 3.63) is 71.8 Å². The molecule has 0 N–H and O–H groups in total. The van der Waals surface area contributed by atoms with Gasteiger partial charge in [0.1, 0.15) is 0 Å². The Bertz CT molecular complexity index is 756. The summed E-state index contributed by atoms with van der Waals surface area (Å²) >= 11 is 0. The SMILES string of the molecule is Cc1ccc(C=O)c(-c2ccc3ccccc3c2)c1. The standard InChI is InChI=1S/C18H14O/c1-13-6-7-17(12-19)18(10-13)16-9-8-14-4-2-3-5-15(14)11-16/h2-12H,1H3. The number of carbonyl (C=O) groups excluding carboxylic acids is 1. The number of hydrogen-bond donors (Lipinski definition) is 0. The lowest BCUT2D eigenvalue weighted by Gasteiger charge is -2.08. The quantitative estimate of drug-likeness (QED) is 0.602. The van der Waals surface area contributed by atoms with Crippen LogP contribution in [0.1, 0.15) is 15.9 Å². The molecular weight excluding hydrogens is 232 g/mol. The van der Waals surface area contributed by atoms with Gasteiger partial charge in [0.25, 0.3) is 0 Å². The van der Waals surface area contributed by atoms with E-state index in [0.29, 0.717) is 0 Å². The van der Waals surface area contributed by atoms with Crippen LogP contribution in [-0.4, -0.2) is 6.29 Å². The summed E-state index contributed by atoms with van der Waals surface area (Å²) in [6.07, 6.45) is 0.921. The minimum atomic E-state index is 0.737. The summed E-state index contributed by atoms with van der Waals surface area (Å²) in [6.45, 7) is 2.04. The van der Waals surface area contributed by atoms with E-state index in [-0.39, 0.29) is 0 Å². The van der Waals surface area contributed by atoms with Crippen LogP contribution in [0, 0.1) is 6.92 Å². The number of rotatable bonds is 2. The van der Waals surface area contributed by atoms with Crippen LogP contribution >= 0.6 is 0 Å². The molecule has 0 saturated carbocycles. The molecule has 0 bridgehead atoms. The molecule has 0 fully saturated rings. The molecule has 92 valence electrons. The van der Waals surface area contributed by atoms with Crippen molar-refractivity contribution >= 4 is 17.1 Å². The molecule has 0 aliphatic rings. The predicted molar refractivity (Wildman–Crippen MR) is 79.5 cm³/mol. The lowest BCUT2D eigenvalue weighted by Crippen LogP contribution is -1.89. The largest absolute Gasteiger partial charge is 0.298 e. The molecule has 1 nitrogen and oxygen atoms in total. The zero-order chi connectivity index (χ0) is 13.2. The maximum atomic E-state index is 11.2. The number of carbonyl (C=O) groups is 1. The number of hydrogen-bond acceptors (Lipinski definition) is 1. The van der Waals surface area contributed by atoms with Gasteiger partial charge < -0.3 is 0 Å². The van der Waals surface area contributed by atoms with Gasteiger partial charge in [-0.05, 0) is 34.9 Å². The molecule has 3 aromatic rings. The van der Waals surface area contributed by atoms with Crippen LogP contribution in [0.2, 0.25) is 0 Å². The molecule has 0 aromatic heterocycles. The summed E-state index contributed by atoms with van der Waals surface area (Å²) in [5.41, 5.74) is 3.99.